The smallest absolute Gasteiger partial charge is 0.222 e. The van der Waals surface area contributed by atoms with Crippen molar-refractivity contribution in [3.8, 4) is 0 Å². The summed E-state index contributed by atoms with van der Waals surface area (Å²) in [4.78, 5) is 35.5. The Balaban J connectivity index is 1.24. The molecule has 0 spiro atoms. The van der Waals surface area contributed by atoms with Gasteiger partial charge < -0.3 is 14.8 Å². The number of imidazole rings is 1. The molecule has 24 heavy (non-hydrogen) atoms. The van der Waals surface area contributed by atoms with Crippen LogP contribution in [0.1, 0.15) is 37.4 Å². The van der Waals surface area contributed by atoms with Crippen LogP contribution in [0.15, 0.2) is 24.3 Å². The first-order valence-corrected chi connectivity index (χ1v) is 8.71. The molecule has 2 aromatic rings. The van der Waals surface area contributed by atoms with Gasteiger partial charge in [-0.1, -0.05) is 12.1 Å². The first-order valence-electron chi connectivity index (χ1n) is 8.71. The Hall–Kier alpha value is -2.37. The Morgan fingerprint density at radius 2 is 2.12 bits per heavy atom. The lowest BCUT2D eigenvalue weighted by molar-refractivity contribution is -0.136. The second-order valence-corrected chi connectivity index (χ2v) is 6.72. The standard InChI is InChI=1S/C18H22N4O2/c23-16-7-3-9-21(16)10-4-8-17(24)22-11-13(12-22)18-19-14-5-1-2-6-15(14)20-18/h1-2,5-6,13H,3-4,7-12H2,(H,19,20). The Labute approximate surface area is 140 Å². The van der Waals surface area contributed by atoms with Crippen LogP contribution in [-0.4, -0.2) is 57.8 Å². The van der Waals surface area contributed by atoms with Crippen molar-refractivity contribution < 1.29 is 9.59 Å². The van der Waals surface area contributed by atoms with E-state index >= 15 is 0 Å². The number of carbonyl (C=O) groups excluding carboxylic acids is 2. The minimum atomic E-state index is 0.189. The topological polar surface area (TPSA) is 69.3 Å². The van der Waals surface area contributed by atoms with Crippen molar-refractivity contribution in [1.82, 2.24) is 19.8 Å². The van der Waals surface area contributed by atoms with Gasteiger partial charge in [-0.15, -0.1) is 0 Å². The van der Waals surface area contributed by atoms with Crippen molar-refractivity contribution in [2.75, 3.05) is 26.2 Å². The molecule has 6 nitrogen and oxygen atoms in total. The van der Waals surface area contributed by atoms with E-state index in [0.29, 0.717) is 25.3 Å². The zero-order valence-electron chi connectivity index (χ0n) is 13.7. The summed E-state index contributed by atoms with van der Waals surface area (Å²) >= 11 is 0. The summed E-state index contributed by atoms with van der Waals surface area (Å²) in [7, 11) is 0. The number of carbonyl (C=O) groups is 2. The van der Waals surface area contributed by atoms with Gasteiger partial charge in [-0.3, -0.25) is 9.59 Å². The van der Waals surface area contributed by atoms with Gasteiger partial charge in [-0.25, -0.2) is 4.98 Å². The van der Waals surface area contributed by atoms with Crippen LogP contribution in [0, 0.1) is 0 Å². The fourth-order valence-electron chi connectivity index (χ4n) is 3.54. The van der Waals surface area contributed by atoms with Gasteiger partial charge in [0.2, 0.25) is 11.8 Å². The van der Waals surface area contributed by atoms with Gasteiger partial charge in [-0.2, -0.15) is 0 Å². The molecular weight excluding hydrogens is 304 g/mol. The highest BCUT2D eigenvalue weighted by molar-refractivity contribution is 5.79. The number of nitrogens with one attached hydrogen (secondary N) is 1. The summed E-state index contributed by atoms with van der Waals surface area (Å²) < 4.78 is 0. The SMILES string of the molecule is O=C1CCCN1CCCC(=O)N1CC(c2nc3ccccc3[nH]2)C1. The number of benzene rings is 1. The van der Waals surface area contributed by atoms with Gasteiger partial charge in [0.05, 0.1) is 17.0 Å². The maximum absolute atomic E-state index is 12.2. The number of aromatic amines is 1. The summed E-state index contributed by atoms with van der Waals surface area (Å²) in [5, 5.41) is 0. The molecule has 6 heteroatoms. The lowest BCUT2D eigenvalue weighted by atomic mass is 9.98. The Kier molecular flexibility index (Phi) is 3.96. The maximum atomic E-state index is 12.2. The lowest BCUT2D eigenvalue weighted by Crippen LogP contribution is -2.48. The van der Waals surface area contributed by atoms with Crippen LogP contribution in [0.2, 0.25) is 0 Å². The van der Waals surface area contributed by atoms with Crippen LogP contribution < -0.4 is 0 Å². The molecule has 1 N–H and O–H groups in total. The zero-order valence-corrected chi connectivity index (χ0v) is 13.7. The molecule has 0 saturated carbocycles. The van der Waals surface area contributed by atoms with Crippen LogP contribution in [0.5, 0.6) is 0 Å². The number of para-hydroxylation sites is 2. The van der Waals surface area contributed by atoms with E-state index < -0.39 is 0 Å². The fourth-order valence-corrected chi connectivity index (χ4v) is 3.54. The van der Waals surface area contributed by atoms with Crippen LogP contribution in [0.3, 0.4) is 0 Å². The number of hydrogen-bond donors (Lipinski definition) is 1. The van der Waals surface area contributed by atoms with E-state index in [1.165, 1.54) is 0 Å². The van der Waals surface area contributed by atoms with Gasteiger partial charge in [0.25, 0.3) is 0 Å². The van der Waals surface area contributed by atoms with Crippen LogP contribution in [0.4, 0.5) is 0 Å². The summed E-state index contributed by atoms with van der Waals surface area (Å²) in [6.07, 6.45) is 2.91. The molecular formula is C18H22N4O2. The molecule has 0 unspecified atom stereocenters. The minimum absolute atomic E-state index is 0.189. The molecule has 3 heterocycles. The molecule has 2 aliphatic rings. The van der Waals surface area contributed by atoms with E-state index in [-0.39, 0.29) is 11.8 Å². The number of aromatic nitrogens is 2. The number of nitrogens with zero attached hydrogens (tertiary/aromatic N) is 3. The average molecular weight is 326 g/mol. The first kappa shape index (κ1) is 15.2. The largest absolute Gasteiger partial charge is 0.343 e. The van der Waals surface area contributed by atoms with Crippen molar-refractivity contribution in [3.63, 3.8) is 0 Å². The fraction of sp³-hybridized carbons (Fsp3) is 0.500. The van der Waals surface area contributed by atoms with E-state index in [0.717, 1.165) is 49.3 Å². The Bertz CT molecular complexity index is 730. The molecule has 2 fully saturated rings. The third-order valence-corrected chi connectivity index (χ3v) is 5.02. The Morgan fingerprint density at radius 1 is 1.29 bits per heavy atom. The van der Waals surface area contributed by atoms with Gasteiger partial charge in [0.15, 0.2) is 0 Å². The maximum Gasteiger partial charge on any atom is 0.222 e. The number of likely N-dealkylation sites (tertiary alicyclic amines) is 2. The lowest BCUT2D eigenvalue weighted by Gasteiger charge is -2.38. The number of amides is 2. The monoisotopic (exact) mass is 326 g/mol. The highest BCUT2D eigenvalue weighted by atomic mass is 16.2. The molecule has 2 saturated heterocycles. The number of rotatable bonds is 5. The number of fused-ring (bicyclic) bond motifs is 1. The molecule has 0 bridgehead atoms. The van der Waals surface area contributed by atoms with E-state index in [2.05, 4.69) is 9.97 Å². The molecule has 0 atom stereocenters. The summed E-state index contributed by atoms with van der Waals surface area (Å²) in [5.41, 5.74) is 2.03. The van der Waals surface area contributed by atoms with Crippen molar-refractivity contribution in [2.45, 2.75) is 31.6 Å². The highest BCUT2D eigenvalue weighted by Crippen LogP contribution is 2.27. The molecule has 126 valence electrons. The molecule has 2 aliphatic heterocycles. The molecule has 1 aromatic heterocycles. The van der Waals surface area contributed by atoms with Crippen molar-refractivity contribution in [1.29, 1.82) is 0 Å². The summed E-state index contributed by atoms with van der Waals surface area (Å²) in [6, 6.07) is 7.99. The van der Waals surface area contributed by atoms with E-state index in [1.54, 1.807) is 0 Å². The van der Waals surface area contributed by atoms with Gasteiger partial charge in [0.1, 0.15) is 5.82 Å². The third-order valence-electron chi connectivity index (χ3n) is 5.02. The first-order chi connectivity index (χ1) is 11.7. The summed E-state index contributed by atoms with van der Waals surface area (Å²) in [6.45, 7) is 3.04. The normalized spacial score (nSPS) is 18.4. The quantitative estimate of drug-likeness (QED) is 0.912. The zero-order chi connectivity index (χ0) is 16.5. The van der Waals surface area contributed by atoms with Gasteiger partial charge in [0, 0.05) is 39.0 Å². The van der Waals surface area contributed by atoms with E-state index in [4.69, 9.17) is 0 Å². The minimum Gasteiger partial charge on any atom is -0.343 e. The number of hydrogen-bond acceptors (Lipinski definition) is 3. The van der Waals surface area contributed by atoms with E-state index in [9.17, 15) is 9.59 Å². The van der Waals surface area contributed by atoms with Crippen molar-refractivity contribution in [2.24, 2.45) is 0 Å². The molecule has 0 radical (unpaired) electrons. The van der Waals surface area contributed by atoms with Crippen molar-refractivity contribution in [3.05, 3.63) is 30.1 Å². The van der Waals surface area contributed by atoms with E-state index in [1.807, 2.05) is 34.1 Å². The van der Waals surface area contributed by atoms with Crippen LogP contribution >= 0.6 is 0 Å². The molecule has 2 amide bonds. The Morgan fingerprint density at radius 3 is 2.88 bits per heavy atom. The second-order valence-electron chi connectivity index (χ2n) is 6.72. The predicted octanol–water partition coefficient (Wildman–Crippen LogP) is 1.89. The highest BCUT2D eigenvalue weighted by Gasteiger charge is 2.33. The predicted molar refractivity (Wildman–Crippen MR) is 90.5 cm³/mol. The van der Waals surface area contributed by atoms with Gasteiger partial charge >= 0.3 is 0 Å². The molecule has 4 rings (SSSR count). The van der Waals surface area contributed by atoms with Crippen molar-refractivity contribution >= 4 is 22.8 Å². The average Bonchev–Trinajstić information content (AvgIpc) is 3.12. The van der Waals surface area contributed by atoms with Crippen LogP contribution in [-0.2, 0) is 9.59 Å². The number of H-pyrrole nitrogens is 1. The summed E-state index contributed by atoms with van der Waals surface area (Å²) in [5.74, 6) is 1.70. The molecule has 1 aromatic carbocycles. The molecule has 0 aliphatic carbocycles. The van der Waals surface area contributed by atoms with Gasteiger partial charge in [-0.05, 0) is 25.0 Å². The second kappa shape index (κ2) is 6.26. The van der Waals surface area contributed by atoms with Crippen LogP contribution in [0.25, 0.3) is 11.0 Å². The third kappa shape index (κ3) is 2.88.